The van der Waals surface area contributed by atoms with Crippen LogP contribution in [0.1, 0.15) is 16.2 Å². The third-order valence-electron chi connectivity index (χ3n) is 4.40. The third-order valence-corrected chi connectivity index (χ3v) is 4.40. The van der Waals surface area contributed by atoms with Crippen molar-refractivity contribution < 1.29 is 27.3 Å². The van der Waals surface area contributed by atoms with Crippen LogP contribution in [0.15, 0.2) is 22.8 Å². The number of benzene rings is 1. The standard InChI is InChI=1S/C16H15F3N6O3/c1-24-11(8-12(21-24)16(17,18)19)15(26)20-9-2-3-10(14-13(9)22-28-23-14)25-4-6-27-7-5-25/h2-3,8H,4-7H2,1H3,(H,20,26). The minimum Gasteiger partial charge on any atom is -0.378 e. The zero-order valence-corrected chi connectivity index (χ0v) is 14.7. The normalized spacial score (nSPS) is 15.2. The summed E-state index contributed by atoms with van der Waals surface area (Å²) in [6.07, 6.45) is -4.64. The molecule has 0 aliphatic carbocycles. The highest BCUT2D eigenvalue weighted by molar-refractivity contribution is 6.08. The number of nitrogens with one attached hydrogen (secondary N) is 1. The number of anilines is 2. The van der Waals surface area contributed by atoms with E-state index >= 15 is 0 Å². The van der Waals surface area contributed by atoms with Crippen molar-refractivity contribution in [3.8, 4) is 0 Å². The van der Waals surface area contributed by atoms with E-state index in [9.17, 15) is 18.0 Å². The molecule has 3 aromatic rings. The van der Waals surface area contributed by atoms with Crippen LogP contribution in [0.2, 0.25) is 0 Å². The number of rotatable bonds is 3. The van der Waals surface area contributed by atoms with Crippen LogP contribution in [0, 0.1) is 0 Å². The van der Waals surface area contributed by atoms with Gasteiger partial charge < -0.3 is 15.0 Å². The third kappa shape index (κ3) is 3.26. The molecule has 9 nitrogen and oxygen atoms in total. The lowest BCUT2D eigenvalue weighted by Crippen LogP contribution is -2.36. The predicted molar refractivity (Wildman–Crippen MR) is 91.0 cm³/mol. The highest BCUT2D eigenvalue weighted by Crippen LogP contribution is 2.31. The Morgan fingerprint density at radius 2 is 1.89 bits per heavy atom. The average Bonchev–Trinajstić information content (AvgIpc) is 3.29. The summed E-state index contributed by atoms with van der Waals surface area (Å²) < 4.78 is 49.4. The summed E-state index contributed by atoms with van der Waals surface area (Å²) in [7, 11) is 1.26. The molecule has 1 N–H and O–H groups in total. The molecule has 0 spiro atoms. The van der Waals surface area contributed by atoms with Gasteiger partial charge in [-0.1, -0.05) is 0 Å². The topological polar surface area (TPSA) is 98.3 Å². The fourth-order valence-electron chi connectivity index (χ4n) is 3.02. The van der Waals surface area contributed by atoms with Crippen molar-refractivity contribution in [1.29, 1.82) is 0 Å². The number of morpholine rings is 1. The summed E-state index contributed by atoms with van der Waals surface area (Å²) in [6, 6.07) is 4.05. The van der Waals surface area contributed by atoms with Gasteiger partial charge in [0.2, 0.25) is 0 Å². The lowest BCUT2D eigenvalue weighted by Gasteiger charge is -2.28. The first-order chi connectivity index (χ1) is 13.3. The van der Waals surface area contributed by atoms with Gasteiger partial charge in [-0.25, -0.2) is 4.63 Å². The fourth-order valence-corrected chi connectivity index (χ4v) is 3.02. The van der Waals surface area contributed by atoms with E-state index < -0.39 is 17.8 Å². The first-order valence-corrected chi connectivity index (χ1v) is 8.35. The largest absolute Gasteiger partial charge is 0.435 e. The number of aryl methyl sites for hydroxylation is 1. The molecule has 2 aromatic heterocycles. The van der Waals surface area contributed by atoms with E-state index in [1.807, 2.05) is 0 Å². The van der Waals surface area contributed by atoms with Crippen LogP contribution >= 0.6 is 0 Å². The zero-order valence-electron chi connectivity index (χ0n) is 14.7. The number of nitrogens with zero attached hydrogens (tertiary/aromatic N) is 5. The molecule has 3 heterocycles. The molecule has 1 aromatic carbocycles. The Hall–Kier alpha value is -3.15. The van der Waals surface area contributed by atoms with Gasteiger partial charge >= 0.3 is 6.18 Å². The Bertz CT molecular complexity index is 1020. The van der Waals surface area contributed by atoms with Crippen LogP contribution in [-0.2, 0) is 18.0 Å². The summed E-state index contributed by atoms with van der Waals surface area (Å²) >= 11 is 0. The molecular formula is C16H15F3N6O3. The Kier molecular flexibility index (Phi) is 4.41. The second-order valence-electron chi connectivity index (χ2n) is 6.18. The van der Waals surface area contributed by atoms with Crippen LogP contribution in [-0.4, -0.2) is 52.3 Å². The van der Waals surface area contributed by atoms with E-state index in [0.717, 1.165) is 10.4 Å². The number of carbonyl (C=O) groups excluding carboxylic acids is 1. The van der Waals surface area contributed by atoms with Crippen molar-refractivity contribution in [2.75, 3.05) is 36.5 Å². The second kappa shape index (κ2) is 6.78. The van der Waals surface area contributed by atoms with Crippen LogP contribution in [0.4, 0.5) is 24.5 Å². The number of ether oxygens (including phenoxy) is 1. The molecule has 1 saturated heterocycles. The van der Waals surface area contributed by atoms with Crippen molar-refractivity contribution in [3.05, 3.63) is 29.6 Å². The Morgan fingerprint density at radius 1 is 1.18 bits per heavy atom. The Balaban J connectivity index is 1.63. The molecule has 1 aliphatic heterocycles. The van der Waals surface area contributed by atoms with E-state index in [-0.39, 0.29) is 11.4 Å². The molecule has 28 heavy (non-hydrogen) atoms. The molecular weight excluding hydrogens is 381 g/mol. The molecule has 0 radical (unpaired) electrons. The number of amides is 1. The van der Waals surface area contributed by atoms with Gasteiger partial charge in [-0.3, -0.25) is 9.48 Å². The van der Waals surface area contributed by atoms with Gasteiger partial charge in [-0.05, 0) is 22.4 Å². The number of fused-ring (bicyclic) bond motifs is 1. The van der Waals surface area contributed by atoms with Crippen molar-refractivity contribution >= 4 is 28.3 Å². The van der Waals surface area contributed by atoms with Crippen LogP contribution in [0.25, 0.3) is 11.0 Å². The lowest BCUT2D eigenvalue weighted by molar-refractivity contribution is -0.141. The molecule has 0 unspecified atom stereocenters. The molecule has 148 valence electrons. The minimum atomic E-state index is -4.64. The number of halogens is 3. The maximum atomic E-state index is 12.8. The summed E-state index contributed by atoms with van der Waals surface area (Å²) in [5.74, 6) is -0.756. The molecule has 1 fully saturated rings. The number of aromatic nitrogens is 4. The summed E-state index contributed by atoms with van der Waals surface area (Å²) in [5.41, 5.74) is 0.409. The van der Waals surface area contributed by atoms with E-state index in [1.54, 1.807) is 12.1 Å². The summed E-state index contributed by atoms with van der Waals surface area (Å²) in [5, 5.41) is 13.6. The van der Waals surface area contributed by atoms with Gasteiger partial charge in [0.25, 0.3) is 5.91 Å². The average molecular weight is 396 g/mol. The van der Waals surface area contributed by atoms with Gasteiger partial charge in [-0.2, -0.15) is 18.3 Å². The number of alkyl halides is 3. The van der Waals surface area contributed by atoms with E-state index in [1.165, 1.54) is 7.05 Å². The van der Waals surface area contributed by atoms with Gasteiger partial charge in [0.15, 0.2) is 16.7 Å². The summed E-state index contributed by atoms with van der Waals surface area (Å²) in [4.78, 5) is 14.5. The van der Waals surface area contributed by atoms with E-state index in [0.29, 0.717) is 43.4 Å². The number of hydrogen-bond donors (Lipinski definition) is 1. The second-order valence-corrected chi connectivity index (χ2v) is 6.18. The van der Waals surface area contributed by atoms with Crippen LogP contribution in [0.3, 0.4) is 0 Å². The Morgan fingerprint density at radius 3 is 2.57 bits per heavy atom. The maximum absolute atomic E-state index is 12.8. The number of carbonyl (C=O) groups is 1. The lowest BCUT2D eigenvalue weighted by atomic mass is 10.2. The first kappa shape index (κ1) is 18.2. The molecule has 1 amide bonds. The van der Waals surface area contributed by atoms with Gasteiger partial charge in [-0.15, -0.1) is 0 Å². The summed E-state index contributed by atoms with van der Waals surface area (Å²) in [6.45, 7) is 2.49. The number of hydrogen-bond acceptors (Lipinski definition) is 7. The Labute approximate surface area is 156 Å². The molecule has 0 atom stereocenters. The van der Waals surface area contributed by atoms with Crippen molar-refractivity contribution in [3.63, 3.8) is 0 Å². The van der Waals surface area contributed by atoms with Gasteiger partial charge in [0.05, 0.1) is 24.6 Å². The van der Waals surface area contributed by atoms with Gasteiger partial charge in [0.1, 0.15) is 5.69 Å². The molecule has 0 bridgehead atoms. The highest BCUT2D eigenvalue weighted by Gasteiger charge is 2.35. The van der Waals surface area contributed by atoms with Crippen LogP contribution < -0.4 is 10.2 Å². The first-order valence-electron chi connectivity index (χ1n) is 8.35. The molecule has 1 aliphatic rings. The molecule has 0 saturated carbocycles. The molecule has 12 heteroatoms. The monoisotopic (exact) mass is 396 g/mol. The quantitative estimate of drug-likeness (QED) is 0.724. The van der Waals surface area contributed by atoms with Crippen molar-refractivity contribution in [1.82, 2.24) is 20.1 Å². The van der Waals surface area contributed by atoms with E-state index in [4.69, 9.17) is 9.37 Å². The van der Waals surface area contributed by atoms with Crippen molar-refractivity contribution in [2.24, 2.45) is 7.05 Å². The van der Waals surface area contributed by atoms with Gasteiger partial charge in [0, 0.05) is 26.2 Å². The minimum absolute atomic E-state index is 0.241. The predicted octanol–water partition coefficient (Wildman–Crippen LogP) is 2.06. The van der Waals surface area contributed by atoms with E-state index in [2.05, 4.69) is 25.6 Å². The van der Waals surface area contributed by atoms with Crippen LogP contribution in [0.5, 0.6) is 0 Å². The maximum Gasteiger partial charge on any atom is 0.435 e. The highest BCUT2D eigenvalue weighted by atomic mass is 19.4. The van der Waals surface area contributed by atoms with Crippen molar-refractivity contribution in [2.45, 2.75) is 6.18 Å². The SMILES string of the molecule is Cn1nc(C(F)(F)F)cc1C(=O)Nc1ccc(N2CCOCC2)c2nonc12. The zero-order chi connectivity index (χ0) is 19.9. The molecule has 4 rings (SSSR count). The smallest absolute Gasteiger partial charge is 0.378 e. The fraction of sp³-hybridized carbons (Fsp3) is 0.375.